The van der Waals surface area contributed by atoms with E-state index in [9.17, 15) is 22.8 Å². The molecule has 0 bridgehead atoms. The number of halogens is 3. The van der Waals surface area contributed by atoms with Crippen molar-refractivity contribution in [3.63, 3.8) is 0 Å². The molecular weight excluding hydrogens is 375 g/mol. The van der Waals surface area contributed by atoms with E-state index in [0.29, 0.717) is 32.3 Å². The van der Waals surface area contributed by atoms with Gasteiger partial charge in [0.2, 0.25) is 0 Å². The molecule has 0 aliphatic carbocycles. The van der Waals surface area contributed by atoms with Crippen LogP contribution in [0.1, 0.15) is 38.9 Å². The highest BCUT2D eigenvalue weighted by Crippen LogP contribution is 2.41. The third-order valence-electron chi connectivity index (χ3n) is 4.58. The van der Waals surface area contributed by atoms with Crippen molar-refractivity contribution in [1.29, 1.82) is 0 Å². The second kappa shape index (κ2) is 6.08. The fraction of sp³-hybridized carbons (Fsp3) is 0.211. The molecule has 1 aromatic heterocycles. The Hall–Kier alpha value is -3.36. The monoisotopic (exact) mass is 389 g/mol. The number of esters is 1. The summed E-state index contributed by atoms with van der Waals surface area (Å²) in [5.41, 5.74) is -0.234. The number of ether oxygens (including phenoxy) is 1. The number of nitrogens with one attached hydrogen (secondary N) is 1. The second-order valence-electron chi connectivity index (χ2n) is 6.31. The van der Waals surface area contributed by atoms with Crippen LogP contribution in [-0.2, 0) is 10.9 Å². The van der Waals surface area contributed by atoms with Crippen molar-refractivity contribution in [2.24, 2.45) is 0 Å². The van der Waals surface area contributed by atoms with Gasteiger partial charge in [-0.3, -0.25) is 4.79 Å². The van der Waals surface area contributed by atoms with Crippen molar-refractivity contribution in [3.8, 4) is 5.69 Å². The van der Waals surface area contributed by atoms with Crippen LogP contribution in [0.25, 0.3) is 16.5 Å². The summed E-state index contributed by atoms with van der Waals surface area (Å²) in [4.78, 5) is 24.2. The average molecular weight is 389 g/mol. The fourth-order valence-corrected chi connectivity index (χ4v) is 3.46. The van der Waals surface area contributed by atoms with E-state index in [-0.39, 0.29) is 18.2 Å². The number of carbonyl (C=O) groups is 2. The zero-order valence-corrected chi connectivity index (χ0v) is 14.8. The van der Waals surface area contributed by atoms with Gasteiger partial charge in [0, 0.05) is 16.3 Å². The molecule has 0 radical (unpaired) electrons. The molecule has 1 aliphatic rings. The van der Waals surface area contributed by atoms with Crippen LogP contribution in [0.2, 0.25) is 0 Å². The number of hydrogen-bond acceptors (Lipinski definition) is 4. The van der Waals surface area contributed by atoms with Gasteiger partial charge in [0.25, 0.3) is 5.91 Å². The molecule has 0 unspecified atom stereocenters. The zero-order chi connectivity index (χ0) is 20.2. The normalized spacial score (nSPS) is 13.1. The van der Waals surface area contributed by atoms with E-state index in [1.165, 1.54) is 13.0 Å². The van der Waals surface area contributed by atoms with Gasteiger partial charge in [-0.25, -0.2) is 9.48 Å². The number of carbonyl (C=O) groups excluding carboxylic acids is 2. The molecule has 0 saturated carbocycles. The molecule has 1 N–H and O–H groups in total. The predicted molar refractivity (Wildman–Crippen MR) is 94.7 cm³/mol. The first-order chi connectivity index (χ1) is 13.2. The fourth-order valence-electron chi connectivity index (χ4n) is 3.46. The number of rotatable bonds is 3. The molecule has 3 aromatic rings. The van der Waals surface area contributed by atoms with Gasteiger partial charge >= 0.3 is 12.1 Å². The Labute approximate surface area is 156 Å². The lowest BCUT2D eigenvalue weighted by atomic mass is 10.0. The molecule has 4 rings (SSSR count). The molecule has 1 aliphatic heterocycles. The van der Waals surface area contributed by atoms with Gasteiger partial charge in [0.05, 0.1) is 24.2 Å². The Morgan fingerprint density at radius 2 is 2.07 bits per heavy atom. The molecule has 0 saturated heterocycles. The molecule has 28 heavy (non-hydrogen) atoms. The average Bonchev–Trinajstić information content (AvgIpc) is 3.21. The van der Waals surface area contributed by atoms with Gasteiger partial charge in [-0.05, 0) is 31.5 Å². The van der Waals surface area contributed by atoms with E-state index in [2.05, 4.69) is 10.4 Å². The Morgan fingerprint density at radius 1 is 1.32 bits per heavy atom. The van der Waals surface area contributed by atoms with Crippen LogP contribution < -0.4 is 5.32 Å². The molecule has 0 fully saturated rings. The quantitative estimate of drug-likeness (QED) is 0.685. The summed E-state index contributed by atoms with van der Waals surface area (Å²) in [5.74, 6) is -1.41. The third-order valence-corrected chi connectivity index (χ3v) is 4.58. The number of anilines is 1. The molecule has 2 heterocycles. The van der Waals surface area contributed by atoms with E-state index < -0.39 is 23.4 Å². The number of nitrogens with zero attached hydrogens (tertiary/aromatic N) is 2. The Morgan fingerprint density at radius 3 is 2.75 bits per heavy atom. The van der Waals surface area contributed by atoms with Crippen molar-refractivity contribution in [2.45, 2.75) is 20.0 Å². The Kier molecular flexibility index (Phi) is 3.91. The van der Waals surface area contributed by atoms with Gasteiger partial charge in [-0.15, -0.1) is 0 Å². The first-order valence-electron chi connectivity index (χ1n) is 8.44. The highest BCUT2D eigenvalue weighted by Gasteiger charge is 2.41. The third kappa shape index (κ3) is 2.54. The van der Waals surface area contributed by atoms with Crippen LogP contribution in [-0.4, -0.2) is 28.3 Å². The number of aryl methyl sites for hydroxylation is 1. The van der Waals surface area contributed by atoms with Crippen molar-refractivity contribution in [2.75, 3.05) is 11.9 Å². The summed E-state index contributed by atoms with van der Waals surface area (Å²) in [6, 6.07) is 6.32. The molecule has 0 atom stereocenters. The highest BCUT2D eigenvalue weighted by atomic mass is 19.4. The molecule has 9 heteroatoms. The standard InChI is InChI=1S/C19H14F3N3O3/c1-3-28-18(27)12-8-23-25(16(12)19(20,21)22)13-7-9(2)15-14-10(13)5-4-6-11(14)17(26)24-15/h4-8H,3H2,1-2H3,(H,24,26). The van der Waals surface area contributed by atoms with Crippen LogP contribution in [0.4, 0.5) is 18.9 Å². The molecule has 0 spiro atoms. The minimum Gasteiger partial charge on any atom is -0.462 e. The Balaban J connectivity index is 2.04. The van der Waals surface area contributed by atoms with Crippen LogP contribution in [0.3, 0.4) is 0 Å². The molecular formula is C19H14F3N3O3. The van der Waals surface area contributed by atoms with E-state index in [4.69, 9.17) is 4.74 Å². The van der Waals surface area contributed by atoms with Gasteiger partial charge in [-0.1, -0.05) is 12.1 Å². The van der Waals surface area contributed by atoms with Crippen LogP contribution >= 0.6 is 0 Å². The number of amides is 1. The largest absolute Gasteiger partial charge is 0.462 e. The number of aromatic nitrogens is 2. The lowest BCUT2D eigenvalue weighted by Gasteiger charge is -2.16. The van der Waals surface area contributed by atoms with E-state index in [0.717, 1.165) is 6.20 Å². The van der Waals surface area contributed by atoms with Gasteiger partial charge in [0.15, 0.2) is 5.69 Å². The Bertz CT molecular complexity index is 1150. The van der Waals surface area contributed by atoms with Gasteiger partial charge in [-0.2, -0.15) is 18.3 Å². The first-order valence-corrected chi connectivity index (χ1v) is 8.44. The second-order valence-corrected chi connectivity index (χ2v) is 6.31. The number of hydrogen-bond donors (Lipinski definition) is 1. The molecule has 144 valence electrons. The van der Waals surface area contributed by atoms with Crippen molar-refractivity contribution in [3.05, 3.63) is 52.8 Å². The number of benzene rings is 2. The lowest BCUT2D eigenvalue weighted by Crippen LogP contribution is -2.18. The first kappa shape index (κ1) is 18.0. The molecule has 2 aromatic carbocycles. The van der Waals surface area contributed by atoms with Crippen molar-refractivity contribution in [1.82, 2.24) is 9.78 Å². The summed E-state index contributed by atoms with van der Waals surface area (Å²) >= 11 is 0. The van der Waals surface area contributed by atoms with Crippen LogP contribution in [0, 0.1) is 6.92 Å². The van der Waals surface area contributed by atoms with Crippen LogP contribution in [0.15, 0.2) is 30.5 Å². The van der Waals surface area contributed by atoms with E-state index in [1.54, 1.807) is 25.1 Å². The minimum atomic E-state index is -4.84. The lowest BCUT2D eigenvalue weighted by molar-refractivity contribution is -0.143. The van der Waals surface area contributed by atoms with E-state index >= 15 is 0 Å². The maximum atomic E-state index is 13.8. The van der Waals surface area contributed by atoms with Gasteiger partial charge in [0.1, 0.15) is 5.56 Å². The van der Waals surface area contributed by atoms with Crippen molar-refractivity contribution >= 4 is 28.3 Å². The number of alkyl halides is 3. The molecule has 1 amide bonds. The summed E-state index contributed by atoms with van der Waals surface area (Å²) in [6.07, 6.45) is -3.99. The van der Waals surface area contributed by atoms with Crippen molar-refractivity contribution < 1.29 is 27.5 Å². The summed E-state index contributed by atoms with van der Waals surface area (Å²) in [7, 11) is 0. The maximum Gasteiger partial charge on any atom is 0.434 e. The SMILES string of the molecule is CCOC(=O)c1cnn(-c2cc(C)c3c4c(cccc24)C(=O)N3)c1C(F)(F)F. The highest BCUT2D eigenvalue weighted by molar-refractivity contribution is 6.25. The zero-order valence-electron chi connectivity index (χ0n) is 14.8. The summed E-state index contributed by atoms with van der Waals surface area (Å²) in [5, 5.41) is 7.52. The summed E-state index contributed by atoms with van der Waals surface area (Å²) < 4.78 is 46.9. The van der Waals surface area contributed by atoms with Gasteiger partial charge < -0.3 is 10.1 Å². The van der Waals surface area contributed by atoms with Crippen LogP contribution in [0.5, 0.6) is 0 Å². The minimum absolute atomic E-state index is 0.0603. The summed E-state index contributed by atoms with van der Waals surface area (Å²) in [6.45, 7) is 3.13. The van der Waals surface area contributed by atoms with E-state index in [1.807, 2.05) is 0 Å². The predicted octanol–water partition coefficient (Wildman–Crippen LogP) is 4.10. The maximum absolute atomic E-state index is 13.8. The topological polar surface area (TPSA) is 73.2 Å². The smallest absolute Gasteiger partial charge is 0.434 e. The molecule has 6 nitrogen and oxygen atoms in total.